The lowest BCUT2D eigenvalue weighted by Gasteiger charge is -2.25. The summed E-state index contributed by atoms with van der Waals surface area (Å²) in [5, 5.41) is 14.4. The number of aryl methyl sites for hydroxylation is 1. The fourth-order valence-electron chi connectivity index (χ4n) is 2.63. The van der Waals surface area contributed by atoms with Gasteiger partial charge in [-0.15, -0.1) is 16.4 Å². The molecule has 0 unspecified atom stereocenters. The molecule has 2 aromatic rings. The lowest BCUT2D eigenvalue weighted by molar-refractivity contribution is 0.0955. The van der Waals surface area contributed by atoms with Crippen LogP contribution in [0.5, 0.6) is 0 Å². The zero-order valence-electron chi connectivity index (χ0n) is 14.5. The van der Waals surface area contributed by atoms with E-state index in [9.17, 15) is 13.2 Å². The zero-order chi connectivity index (χ0) is 18.7. The fraction of sp³-hybridized carbons (Fsp3) is 0.571. The van der Waals surface area contributed by atoms with Crippen molar-refractivity contribution in [1.82, 2.24) is 29.8 Å². The molecule has 0 radical (unpaired) electrons. The molecular formula is C14H20N6O3S3. The number of thioether (sulfide) groups is 1. The maximum absolute atomic E-state index is 12.7. The van der Waals surface area contributed by atoms with Crippen molar-refractivity contribution in [2.24, 2.45) is 0 Å². The molecule has 0 atom stereocenters. The van der Waals surface area contributed by atoms with Gasteiger partial charge in [-0.1, -0.05) is 0 Å². The fourth-order valence-corrected chi connectivity index (χ4v) is 6.19. The molecule has 0 aliphatic carbocycles. The van der Waals surface area contributed by atoms with E-state index in [1.165, 1.54) is 26.7 Å². The number of carbonyl (C=O) groups excluding carboxylic acids is 1. The lowest BCUT2D eigenvalue weighted by Crippen LogP contribution is -2.42. The van der Waals surface area contributed by atoms with Crippen molar-refractivity contribution in [2.75, 3.05) is 36.9 Å². The second-order valence-corrected chi connectivity index (χ2v) is 10.3. The molecule has 26 heavy (non-hydrogen) atoms. The largest absolute Gasteiger partial charge is 0.351 e. The Morgan fingerprint density at radius 1 is 1.31 bits per heavy atom. The smallest absolute Gasteiger partial charge is 0.254 e. The first-order valence-corrected chi connectivity index (χ1v) is 11.7. The molecule has 2 aromatic heterocycles. The number of tetrazole rings is 1. The number of hydrogen-bond donors (Lipinski definition) is 1. The van der Waals surface area contributed by atoms with Gasteiger partial charge in [0.15, 0.2) is 0 Å². The van der Waals surface area contributed by atoms with E-state index in [-0.39, 0.29) is 18.2 Å². The number of sulfonamides is 1. The lowest BCUT2D eigenvalue weighted by atomic mass is 10.1. The van der Waals surface area contributed by atoms with Gasteiger partial charge in [0.1, 0.15) is 11.3 Å². The average molecular weight is 417 g/mol. The molecule has 0 saturated carbocycles. The first-order chi connectivity index (χ1) is 12.4. The predicted octanol–water partition coefficient (Wildman–Crippen LogP) is 0.449. The van der Waals surface area contributed by atoms with Crippen LogP contribution in [0.1, 0.15) is 20.8 Å². The summed E-state index contributed by atoms with van der Waals surface area (Å²) in [5.74, 6) is 1.20. The van der Waals surface area contributed by atoms with Gasteiger partial charge in [-0.25, -0.2) is 12.7 Å². The molecule has 0 spiro atoms. The van der Waals surface area contributed by atoms with Crippen molar-refractivity contribution in [3.05, 3.63) is 22.3 Å². The maximum atomic E-state index is 12.7. The molecule has 0 aromatic carbocycles. The molecule has 1 aliphatic heterocycles. The predicted molar refractivity (Wildman–Crippen MR) is 102 cm³/mol. The Labute approximate surface area is 160 Å². The highest BCUT2D eigenvalue weighted by Crippen LogP contribution is 2.30. The van der Waals surface area contributed by atoms with Crippen molar-refractivity contribution in [1.29, 1.82) is 0 Å². The summed E-state index contributed by atoms with van der Waals surface area (Å²) in [7, 11) is -3.35. The molecule has 1 amide bonds. The van der Waals surface area contributed by atoms with Gasteiger partial charge in [-0.3, -0.25) is 4.79 Å². The summed E-state index contributed by atoms with van der Waals surface area (Å²) in [6, 6.07) is 0. The topological polar surface area (TPSA) is 110 Å². The van der Waals surface area contributed by atoms with Crippen LogP contribution in [0.25, 0.3) is 5.00 Å². The number of hydrogen-bond acceptors (Lipinski definition) is 8. The number of nitrogens with zero attached hydrogens (tertiary/aromatic N) is 5. The van der Waals surface area contributed by atoms with E-state index in [1.807, 2.05) is 13.8 Å². The number of thiophene rings is 1. The summed E-state index contributed by atoms with van der Waals surface area (Å²) in [5.41, 5.74) is 1.32. The highest BCUT2D eigenvalue weighted by Gasteiger charge is 2.25. The number of rotatable bonds is 6. The molecule has 1 fully saturated rings. The minimum absolute atomic E-state index is 0.0637. The molecule has 1 N–H and O–H groups in total. The minimum atomic E-state index is -3.35. The molecule has 1 saturated heterocycles. The van der Waals surface area contributed by atoms with E-state index >= 15 is 0 Å². The molecule has 3 rings (SSSR count). The van der Waals surface area contributed by atoms with Crippen LogP contribution in [0.4, 0.5) is 0 Å². The number of amides is 1. The average Bonchev–Trinajstić information content (AvgIpc) is 3.24. The molecule has 9 nitrogen and oxygen atoms in total. The van der Waals surface area contributed by atoms with Crippen LogP contribution in [0.2, 0.25) is 0 Å². The summed E-state index contributed by atoms with van der Waals surface area (Å²) in [6.45, 7) is 4.91. The van der Waals surface area contributed by atoms with Gasteiger partial charge in [0.2, 0.25) is 10.0 Å². The Balaban J connectivity index is 1.67. The molecular weight excluding hydrogens is 396 g/mol. The van der Waals surface area contributed by atoms with E-state index < -0.39 is 10.0 Å². The van der Waals surface area contributed by atoms with Gasteiger partial charge in [0, 0.05) is 36.0 Å². The van der Waals surface area contributed by atoms with Crippen molar-refractivity contribution in [3.63, 3.8) is 0 Å². The van der Waals surface area contributed by atoms with Gasteiger partial charge in [-0.2, -0.15) is 16.4 Å². The Hall–Kier alpha value is -1.50. The Bertz CT molecular complexity index is 872. The third kappa shape index (κ3) is 4.08. The second-order valence-electron chi connectivity index (χ2n) is 5.80. The van der Waals surface area contributed by atoms with Gasteiger partial charge >= 0.3 is 0 Å². The number of carbonyl (C=O) groups is 1. The third-order valence-corrected chi connectivity index (χ3v) is 8.17. The van der Waals surface area contributed by atoms with Gasteiger partial charge < -0.3 is 5.32 Å². The molecule has 0 bridgehead atoms. The van der Waals surface area contributed by atoms with E-state index in [4.69, 9.17) is 0 Å². The second kappa shape index (κ2) is 8.03. The van der Waals surface area contributed by atoms with Crippen molar-refractivity contribution in [2.45, 2.75) is 13.8 Å². The Morgan fingerprint density at radius 2 is 2.04 bits per heavy atom. The normalized spacial score (nSPS) is 15.9. The standard InChI is InChI=1S/C14H20N6O3S3/c1-10-11(2)25-14(20-9-16-17-18-20)12(10)13(21)15-3-8-26(22,23)19-4-6-24-7-5-19/h9H,3-8H2,1-2H3,(H,15,21). The summed E-state index contributed by atoms with van der Waals surface area (Å²) >= 11 is 3.17. The molecule has 1 aliphatic rings. The highest BCUT2D eigenvalue weighted by atomic mass is 32.2. The zero-order valence-corrected chi connectivity index (χ0v) is 17.0. The Kier molecular flexibility index (Phi) is 5.95. The highest BCUT2D eigenvalue weighted by molar-refractivity contribution is 7.99. The van der Waals surface area contributed by atoms with E-state index in [2.05, 4.69) is 20.8 Å². The SMILES string of the molecule is Cc1sc(-n2cnnn2)c(C(=O)NCCS(=O)(=O)N2CCSCC2)c1C. The summed E-state index contributed by atoms with van der Waals surface area (Å²) < 4.78 is 27.7. The summed E-state index contributed by atoms with van der Waals surface area (Å²) in [4.78, 5) is 13.6. The quantitative estimate of drug-likeness (QED) is 0.728. The first-order valence-electron chi connectivity index (χ1n) is 8.07. The maximum Gasteiger partial charge on any atom is 0.254 e. The van der Waals surface area contributed by atoms with Crippen LogP contribution in [0.15, 0.2) is 6.33 Å². The molecule has 12 heteroatoms. The van der Waals surface area contributed by atoms with Gasteiger partial charge in [-0.05, 0) is 29.8 Å². The summed E-state index contributed by atoms with van der Waals surface area (Å²) in [6.07, 6.45) is 1.43. The minimum Gasteiger partial charge on any atom is -0.351 e. The number of aromatic nitrogens is 4. The van der Waals surface area contributed by atoms with E-state index in [0.29, 0.717) is 23.7 Å². The van der Waals surface area contributed by atoms with Gasteiger partial charge in [0.05, 0.1) is 11.3 Å². The number of nitrogens with one attached hydrogen (secondary N) is 1. The van der Waals surface area contributed by atoms with Crippen molar-refractivity contribution >= 4 is 39.0 Å². The Morgan fingerprint density at radius 3 is 2.69 bits per heavy atom. The van der Waals surface area contributed by atoms with Crippen LogP contribution in [0.3, 0.4) is 0 Å². The van der Waals surface area contributed by atoms with Crippen LogP contribution in [-0.4, -0.2) is 75.7 Å². The van der Waals surface area contributed by atoms with E-state index in [1.54, 1.807) is 11.8 Å². The third-order valence-electron chi connectivity index (χ3n) is 4.16. The van der Waals surface area contributed by atoms with E-state index in [0.717, 1.165) is 21.9 Å². The van der Waals surface area contributed by atoms with Crippen molar-refractivity contribution < 1.29 is 13.2 Å². The van der Waals surface area contributed by atoms with Crippen LogP contribution in [-0.2, 0) is 10.0 Å². The first kappa shape index (κ1) is 19.3. The van der Waals surface area contributed by atoms with Crippen LogP contribution >= 0.6 is 23.1 Å². The monoisotopic (exact) mass is 416 g/mol. The van der Waals surface area contributed by atoms with Crippen molar-refractivity contribution in [3.8, 4) is 5.00 Å². The molecule has 142 valence electrons. The van der Waals surface area contributed by atoms with Crippen LogP contribution < -0.4 is 5.32 Å². The van der Waals surface area contributed by atoms with Crippen LogP contribution in [0, 0.1) is 13.8 Å². The van der Waals surface area contributed by atoms with Gasteiger partial charge in [0.25, 0.3) is 5.91 Å². The molecule has 3 heterocycles.